The fourth-order valence-corrected chi connectivity index (χ4v) is 13.6. The van der Waals surface area contributed by atoms with Crippen molar-refractivity contribution in [3.63, 3.8) is 0 Å². The van der Waals surface area contributed by atoms with E-state index in [1.54, 1.807) is 6.92 Å². The average molecular weight is 598 g/mol. The molecule has 6 aliphatic rings. The Kier molecular flexibility index (Phi) is 7.26. The molecule has 0 bridgehead atoms. The van der Waals surface area contributed by atoms with Crippen molar-refractivity contribution in [3.05, 3.63) is 22.3 Å². The zero-order valence-electron chi connectivity index (χ0n) is 27.7. The largest absolute Gasteiger partial charge is 0.462 e. The minimum absolute atomic E-state index is 0.0225. The molecular weight excluding hydrogens is 542 g/mol. The highest BCUT2D eigenvalue weighted by Crippen LogP contribution is 2.78. The molecule has 7 heteroatoms. The number of rotatable bonds is 5. The monoisotopic (exact) mass is 597 g/mol. The number of cyclic esters (lactones) is 1. The van der Waals surface area contributed by atoms with E-state index in [9.17, 15) is 19.7 Å². The molecule has 0 spiro atoms. The molecule has 1 heterocycles. The molecule has 0 aromatic heterocycles. The van der Waals surface area contributed by atoms with Crippen LogP contribution in [0.25, 0.3) is 0 Å². The molecule has 6 rings (SSSR count). The first-order valence-corrected chi connectivity index (χ1v) is 17.1. The minimum Gasteiger partial charge on any atom is -0.462 e. The summed E-state index contributed by atoms with van der Waals surface area (Å²) in [6.45, 7) is 20.5. The number of esters is 2. The highest BCUT2D eigenvalue weighted by Gasteiger charge is 2.73. The third-order valence-electron chi connectivity index (χ3n) is 15.4. The van der Waals surface area contributed by atoms with Crippen molar-refractivity contribution in [2.24, 2.45) is 62.6 Å². The van der Waals surface area contributed by atoms with Gasteiger partial charge in [0.2, 0.25) is 6.54 Å². The van der Waals surface area contributed by atoms with Gasteiger partial charge in [0, 0.05) is 22.7 Å². The Labute approximate surface area is 258 Å². The van der Waals surface area contributed by atoms with E-state index in [1.165, 1.54) is 18.4 Å². The van der Waals surface area contributed by atoms with Crippen LogP contribution in [0.3, 0.4) is 0 Å². The minimum atomic E-state index is -0.361. The highest BCUT2D eigenvalue weighted by atomic mass is 16.6. The van der Waals surface area contributed by atoms with Gasteiger partial charge in [0.25, 0.3) is 0 Å². The van der Waals surface area contributed by atoms with Gasteiger partial charge in [0.1, 0.15) is 12.2 Å². The van der Waals surface area contributed by atoms with Gasteiger partial charge >= 0.3 is 11.9 Å². The fourth-order valence-electron chi connectivity index (χ4n) is 13.6. The molecule has 240 valence electrons. The maximum absolute atomic E-state index is 12.7. The lowest BCUT2D eigenvalue weighted by molar-refractivity contribution is -0.490. The van der Waals surface area contributed by atoms with Crippen LogP contribution in [0.2, 0.25) is 0 Å². The summed E-state index contributed by atoms with van der Waals surface area (Å²) in [5.74, 6) is 1.53. The second-order valence-corrected chi connectivity index (χ2v) is 17.3. The van der Waals surface area contributed by atoms with E-state index in [-0.39, 0.29) is 75.0 Å². The summed E-state index contributed by atoms with van der Waals surface area (Å²) in [6.07, 6.45) is 10.6. The molecule has 1 saturated heterocycles. The molecule has 1 aliphatic heterocycles. The van der Waals surface area contributed by atoms with Crippen molar-refractivity contribution < 1.29 is 24.0 Å². The molecule has 43 heavy (non-hydrogen) atoms. The highest BCUT2D eigenvalue weighted by molar-refractivity contribution is 5.72. The van der Waals surface area contributed by atoms with E-state index in [1.807, 2.05) is 0 Å². The predicted octanol–water partition coefficient (Wildman–Crippen LogP) is 7.78. The van der Waals surface area contributed by atoms with Crippen LogP contribution in [0.15, 0.2) is 12.2 Å². The second kappa shape index (κ2) is 10.0. The Balaban J connectivity index is 1.37. The Morgan fingerprint density at radius 3 is 2.33 bits per heavy atom. The van der Waals surface area contributed by atoms with Gasteiger partial charge in [0.15, 0.2) is 0 Å². The summed E-state index contributed by atoms with van der Waals surface area (Å²) in [5.41, 5.74) is 1.46. The Morgan fingerprint density at radius 1 is 0.953 bits per heavy atom. The van der Waals surface area contributed by atoms with E-state index in [0.29, 0.717) is 29.6 Å². The van der Waals surface area contributed by atoms with E-state index < -0.39 is 0 Å². The molecular formula is C36H55NO6. The number of nitro groups is 1. The third-order valence-corrected chi connectivity index (χ3v) is 15.4. The Morgan fingerprint density at radius 2 is 1.67 bits per heavy atom. The van der Waals surface area contributed by atoms with Gasteiger partial charge in [-0.3, -0.25) is 19.7 Å². The van der Waals surface area contributed by atoms with Gasteiger partial charge in [-0.25, -0.2) is 0 Å². The lowest BCUT2D eigenvalue weighted by atomic mass is 9.32. The number of allylic oxidation sites excluding steroid dienone is 1. The maximum atomic E-state index is 12.7. The maximum Gasteiger partial charge on any atom is 0.306 e. The topological polar surface area (TPSA) is 95.7 Å². The van der Waals surface area contributed by atoms with Crippen molar-refractivity contribution in [3.8, 4) is 0 Å². The first-order valence-electron chi connectivity index (χ1n) is 17.1. The van der Waals surface area contributed by atoms with Crippen LogP contribution in [0, 0.1) is 72.7 Å². The van der Waals surface area contributed by atoms with Crippen molar-refractivity contribution in [2.45, 2.75) is 131 Å². The summed E-state index contributed by atoms with van der Waals surface area (Å²) in [5, 5.41) is 11.7. The van der Waals surface area contributed by atoms with Crippen LogP contribution in [-0.4, -0.2) is 35.6 Å². The molecule has 0 unspecified atom stereocenters. The van der Waals surface area contributed by atoms with Gasteiger partial charge in [-0.05, 0) is 117 Å². The number of carbonyl (C=O) groups excluding carboxylic acids is 2. The zero-order chi connectivity index (χ0) is 31.3. The first kappa shape index (κ1) is 31.1. The molecule has 5 aliphatic carbocycles. The van der Waals surface area contributed by atoms with Crippen molar-refractivity contribution in [1.82, 2.24) is 0 Å². The van der Waals surface area contributed by atoms with Crippen LogP contribution in [0.1, 0.15) is 119 Å². The molecule has 7 nitrogen and oxygen atoms in total. The summed E-state index contributed by atoms with van der Waals surface area (Å²) in [7, 11) is 0. The SMILES string of the molecule is C=C(C)[C@@H]1CC[C@]2([C@@H]3OC(=O)C[C@H]3C[N+](=O)[O-])CC[C@]3(C)[C@H](CC[C@@H]4[C@@]5(C)CC[C@H](OC(C)=O)C(C)(C)[C@@H]5CC[C@]43C)[C@@H]12. The molecule has 0 N–H and O–H groups in total. The molecule has 0 aromatic rings. The van der Waals surface area contributed by atoms with Crippen LogP contribution >= 0.6 is 0 Å². The quantitative estimate of drug-likeness (QED) is 0.139. The number of hydrogen-bond acceptors (Lipinski definition) is 6. The first-order chi connectivity index (χ1) is 20.0. The zero-order valence-corrected chi connectivity index (χ0v) is 27.7. The van der Waals surface area contributed by atoms with Crippen LogP contribution in [-0.2, 0) is 19.1 Å². The molecule has 0 radical (unpaired) electrons. The third kappa shape index (κ3) is 4.24. The summed E-state index contributed by atoms with van der Waals surface area (Å²) in [6, 6.07) is 0. The molecule has 6 fully saturated rings. The van der Waals surface area contributed by atoms with E-state index in [4.69, 9.17) is 9.47 Å². The van der Waals surface area contributed by atoms with Crippen LogP contribution < -0.4 is 0 Å². The van der Waals surface area contributed by atoms with Crippen molar-refractivity contribution in [2.75, 3.05) is 6.54 Å². The predicted molar refractivity (Wildman–Crippen MR) is 164 cm³/mol. The number of ether oxygens (including phenoxy) is 2. The number of nitrogens with zero attached hydrogens (tertiary/aromatic N) is 1. The second-order valence-electron chi connectivity index (χ2n) is 17.3. The van der Waals surface area contributed by atoms with E-state index in [0.717, 1.165) is 51.4 Å². The average Bonchev–Trinajstić information content (AvgIpc) is 3.47. The molecule has 12 atom stereocenters. The lowest BCUT2D eigenvalue weighted by Crippen LogP contribution is -2.67. The van der Waals surface area contributed by atoms with Crippen LogP contribution in [0.5, 0.6) is 0 Å². The molecule has 5 saturated carbocycles. The van der Waals surface area contributed by atoms with Gasteiger partial charge < -0.3 is 9.47 Å². The Hall–Kier alpha value is -1.92. The number of hydrogen-bond donors (Lipinski definition) is 0. The fraction of sp³-hybridized carbons (Fsp3) is 0.889. The molecule has 0 aromatic carbocycles. The summed E-state index contributed by atoms with van der Waals surface area (Å²) >= 11 is 0. The van der Waals surface area contributed by atoms with Crippen molar-refractivity contribution >= 4 is 11.9 Å². The summed E-state index contributed by atoms with van der Waals surface area (Å²) in [4.78, 5) is 36.1. The number of carbonyl (C=O) groups is 2. The van der Waals surface area contributed by atoms with Crippen molar-refractivity contribution in [1.29, 1.82) is 0 Å². The van der Waals surface area contributed by atoms with E-state index in [2.05, 4.69) is 48.1 Å². The summed E-state index contributed by atoms with van der Waals surface area (Å²) < 4.78 is 12.1. The van der Waals surface area contributed by atoms with Gasteiger partial charge in [0.05, 0.1) is 12.3 Å². The van der Waals surface area contributed by atoms with Crippen LogP contribution in [0.4, 0.5) is 0 Å². The molecule has 0 amide bonds. The van der Waals surface area contributed by atoms with Gasteiger partial charge in [-0.15, -0.1) is 0 Å². The van der Waals surface area contributed by atoms with Gasteiger partial charge in [-0.2, -0.15) is 0 Å². The standard InChI is InChI=1S/C36H55NO6/c1-21(2)24-11-16-36(31-23(20-37(40)41)19-29(39)43-31)18-17-34(7)25(30(24)36)9-10-27-33(6)14-13-28(42-22(3)38)32(4,5)26(33)12-15-35(27,34)8/h23-28,30-31H,1,9-20H2,2-8H3/t23-,24-,25+,26-,27+,28-,30+,31+,33-,34+,35+,36-/m0/s1. The smallest absolute Gasteiger partial charge is 0.306 e. The van der Waals surface area contributed by atoms with Gasteiger partial charge in [-0.1, -0.05) is 46.8 Å². The normalized spacial score (nSPS) is 50.0. The van der Waals surface area contributed by atoms with E-state index >= 15 is 0 Å². The lowest BCUT2D eigenvalue weighted by Gasteiger charge is -2.73. The Bertz CT molecular complexity index is 1210. The number of fused-ring (bicyclic) bond motifs is 7.